The second kappa shape index (κ2) is 6.64. The van der Waals surface area contributed by atoms with Crippen LogP contribution in [0.2, 0.25) is 0 Å². The van der Waals surface area contributed by atoms with Crippen molar-refractivity contribution in [1.29, 1.82) is 0 Å². The van der Waals surface area contributed by atoms with Crippen molar-refractivity contribution in [2.45, 2.75) is 38.5 Å². The summed E-state index contributed by atoms with van der Waals surface area (Å²) in [5, 5.41) is 9.30. The lowest BCUT2D eigenvalue weighted by Gasteiger charge is -2.14. The molecule has 1 unspecified atom stereocenters. The van der Waals surface area contributed by atoms with Crippen molar-refractivity contribution in [3.63, 3.8) is 0 Å². The molecule has 102 valence electrons. The van der Waals surface area contributed by atoms with Crippen LogP contribution in [0.1, 0.15) is 31.7 Å². The van der Waals surface area contributed by atoms with E-state index >= 15 is 0 Å². The van der Waals surface area contributed by atoms with E-state index in [0.29, 0.717) is 19.3 Å². The Kier molecular flexibility index (Phi) is 5.47. The van der Waals surface area contributed by atoms with E-state index in [1.54, 1.807) is 0 Å². The average Bonchev–Trinajstić information content (AvgIpc) is 2.33. The maximum atomic E-state index is 12.6. The molecule has 0 aliphatic carbocycles. The lowest BCUT2D eigenvalue weighted by atomic mass is 10.1. The van der Waals surface area contributed by atoms with Crippen LogP contribution in [0.5, 0.6) is 5.75 Å². The number of halogens is 3. The lowest BCUT2D eigenvalue weighted by Crippen LogP contribution is -2.11. The molecule has 2 nitrogen and oxygen atoms in total. The number of hydrogen-bond donors (Lipinski definition) is 1. The van der Waals surface area contributed by atoms with Gasteiger partial charge in [0.1, 0.15) is 5.75 Å². The number of hydrogen-bond acceptors (Lipinski definition) is 2. The van der Waals surface area contributed by atoms with Gasteiger partial charge in [-0.2, -0.15) is 13.2 Å². The van der Waals surface area contributed by atoms with Crippen LogP contribution in [0.25, 0.3) is 0 Å². The molecule has 18 heavy (non-hydrogen) atoms. The molecule has 0 radical (unpaired) electrons. The molecule has 0 fully saturated rings. The summed E-state index contributed by atoms with van der Waals surface area (Å²) in [4.78, 5) is 0. The number of aliphatic hydroxyl groups is 1. The third-order valence-corrected chi connectivity index (χ3v) is 2.60. The highest BCUT2D eigenvalue weighted by atomic mass is 19.4. The molecule has 0 aromatic heterocycles. The summed E-state index contributed by atoms with van der Waals surface area (Å²) >= 11 is 0. The normalized spacial score (nSPS) is 13.4. The predicted octanol–water partition coefficient (Wildman–Crippen LogP) is 3.64. The number of alkyl halides is 3. The van der Waals surface area contributed by atoms with Crippen molar-refractivity contribution in [2.24, 2.45) is 0 Å². The van der Waals surface area contributed by atoms with Gasteiger partial charge in [0.05, 0.1) is 18.3 Å². The molecule has 0 spiro atoms. The van der Waals surface area contributed by atoms with Gasteiger partial charge in [-0.1, -0.05) is 19.1 Å². The van der Waals surface area contributed by atoms with Crippen molar-refractivity contribution >= 4 is 0 Å². The molecule has 5 heteroatoms. The molecule has 0 bridgehead atoms. The molecular formula is C13H17F3O2. The topological polar surface area (TPSA) is 29.5 Å². The van der Waals surface area contributed by atoms with Crippen LogP contribution in [-0.4, -0.2) is 17.8 Å². The minimum atomic E-state index is -4.40. The van der Waals surface area contributed by atoms with E-state index in [-0.39, 0.29) is 12.4 Å². The first kappa shape index (κ1) is 14.8. The Hall–Kier alpha value is -1.23. The van der Waals surface area contributed by atoms with E-state index in [0.717, 1.165) is 6.07 Å². The molecule has 0 aliphatic heterocycles. The zero-order chi connectivity index (χ0) is 13.6. The van der Waals surface area contributed by atoms with Crippen molar-refractivity contribution in [2.75, 3.05) is 6.61 Å². The standard InChI is InChI=1S/C13H17F3O2/c1-2-10(17)6-5-9-18-12-8-4-3-7-11(12)13(14,15)16/h3-4,7-8,10,17H,2,5-6,9H2,1H3. The van der Waals surface area contributed by atoms with Gasteiger partial charge >= 0.3 is 6.18 Å². The van der Waals surface area contributed by atoms with Crippen molar-refractivity contribution in [1.82, 2.24) is 0 Å². The summed E-state index contributed by atoms with van der Waals surface area (Å²) in [6.07, 6.45) is -3.11. The molecule has 0 heterocycles. The molecule has 1 atom stereocenters. The van der Waals surface area contributed by atoms with E-state index in [4.69, 9.17) is 4.74 Å². The number of benzene rings is 1. The van der Waals surface area contributed by atoms with Crippen LogP contribution in [0.4, 0.5) is 13.2 Å². The average molecular weight is 262 g/mol. The molecule has 0 saturated heterocycles. The highest BCUT2D eigenvalue weighted by Gasteiger charge is 2.33. The Balaban J connectivity index is 2.52. The first-order chi connectivity index (χ1) is 8.45. The van der Waals surface area contributed by atoms with Crippen LogP contribution in [-0.2, 0) is 6.18 Å². The second-order valence-electron chi connectivity index (χ2n) is 4.05. The number of para-hydroxylation sites is 1. The van der Waals surface area contributed by atoms with Crippen LogP contribution < -0.4 is 4.74 Å². The zero-order valence-corrected chi connectivity index (χ0v) is 10.2. The number of ether oxygens (including phenoxy) is 1. The van der Waals surface area contributed by atoms with Crippen molar-refractivity contribution in [3.05, 3.63) is 29.8 Å². The Morgan fingerprint density at radius 3 is 2.56 bits per heavy atom. The van der Waals surface area contributed by atoms with E-state index < -0.39 is 17.8 Å². The van der Waals surface area contributed by atoms with Gasteiger partial charge in [0.15, 0.2) is 0 Å². The second-order valence-corrected chi connectivity index (χ2v) is 4.05. The smallest absolute Gasteiger partial charge is 0.419 e. The maximum Gasteiger partial charge on any atom is 0.419 e. The van der Waals surface area contributed by atoms with Gasteiger partial charge in [0, 0.05) is 0 Å². The molecule has 1 rings (SSSR count). The van der Waals surface area contributed by atoms with Gasteiger partial charge < -0.3 is 9.84 Å². The fourth-order valence-corrected chi connectivity index (χ4v) is 1.53. The van der Waals surface area contributed by atoms with Gasteiger partial charge in [-0.15, -0.1) is 0 Å². The Morgan fingerprint density at radius 1 is 1.28 bits per heavy atom. The lowest BCUT2D eigenvalue weighted by molar-refractivity contribution is -0.139. The van der Waals surface area contributed by atoms with Crippen molar-refractivity contribution < 1.29 is 23.0 Å². The van der Waals surface area contributed by atoms with Gasteiger partial charge in [0.25, 0.3) is 0 Å². The fourth-order valence-electron chi connectivity index (χ4n) is 1.53. The molecule has 0 aliphatic rings. The van der Waals surface area contributed by atoms with Crippen LogP contribution >= 0.6 is 0 Å². The summed E-state index contributed by atoms with van der Waals surface area (Å²) in [6.45, 7) is 2.02. The SMILES string of the molecule is CCC(O)CCCOc1ccccc1C(F)(F)F. The van der Waals surface area contributed by atoms with Crippen molar-refractivity contribution in [3.8, 4) is 5.75 Å². The van der Waals surface area contributed by atoms with E-state index in [1.807, 2.05) is 6.92 Å². The number of aliphatic hydroxyl groups excluding tert-OH is 1. The van der Waals surface area contributed by atoms with Gasteiger partial charge in [-0.05, 0) is 31.4 Å². The highest BCUT2D eigenvalue weighted by Crippen LogP contribution is 2.35. The van der Waals surface area contributed by atoms with Gasteiger partial charge in [-0.25, -0.2) is 0 Å². The first-order valence-electron chi connectivity index (χ1n) is 5.92. The molecule has 1 aromatic carbocycles. The summed E-state index contributed by atoms with van der Waals surface area (Å²) in [7, 11) is 0. The summed E-state index contributed by atoms with van der Waals surface area (Å²) in [6, 6.07) is 5.14. The minimum absolute atomic E-state index is 0.156. The summed E-state index contributed by atoms with van der Waals surface area (Å²) < 4.78 is 43.0. The molecular weight excluding hydrogens is 245 g/mol. The third-order valence-electron chi connectivity index (χ3n) is 2.60. The molecule has 1 N–H and O–H groups in total. The Morgan fingerprint density at radius 2 is 1.94 bits per heavy atom. The van der Waals surface area contributed by atoms with Gasteiger partial charge in [-0.3, -0.25) is 0 Å². The predicted molar refractivity (Wildman–Crippen MR) is 62.5 cm³/mol. The Labute approximate surface area is 104 Å². The van der Waals surface area contributed by atoms with E-state index in [9.17, 15) is 18.3 Å². The third kappa shape index (κ3) is 4.56. The minimum Gasteiger partial charge on any atom is -0.493 e. The monoisotopic (exact) mass is 262 g/mol. The van der Waals surface area contributed by atoms with Crippen LogP contribution in [0.3, 0.4) is 0 Å². The summed E-state index contributed by atoms with van der Waals surface area (Å²) in [5.74, 6) is -0.156. The number of rotatable bonds is 6. The molecule has 1 aromatic rings. The first-order valence-corrected chi connectivity index (χ1v) is 5.92. The van der Waals surface area contributed by atoms with E-state index in [1.165, 1.54) is 18.2 Å². The van der Waals surface area contributed by atoms with E-state index in [2.05, 4.69) is 0 Å². The largest absolute Gasteiger partial charge is 0.493 e. The maximum absolute atomic E-state index is 12.6. The molecule has 0 amide bonds. The summed E-state index contributed by atoms with van der Waals surface area (Å²) in [5.41, 5.74) is -0.763. The van der Waals surface area contributed by atoms with Gasteiger partial charge in [0.2, 0.25) is 0 Å². The quantitative estimate of drug-likeness (QED) is 0.793. The molecule has 0 saturated carbocycles. The van der Waals surface area contributed by atoms with Crippen LogP contribution in [0.15, 0.2) is 24.3 Å². The Bertz CT molecular complexity index is 363. The highest BCUT2D eigenvalue weighted by molar-refractivity contribution is 5.35. The van der Waals surface area contributed by atoms with Crippen LogP contribution in [0, 0.1) is 0 Å². The zero-order valence-electron chi connectivity index (χ0n) is 10.2. The fraction of sp³-hybridized carbons (Fsp3) is 0.538.